The maximum Gasteiger partial charge on any atom is 0.266 e. The molecule has 1 atom stereocenters. The number of nitrogens with one attached hydrogen (secondary N) is 3. The van der Waals surface area contributed by atoms with Crippen LogP contribution >= 0.6 is 0 Å². The van der Waals surface area contributed by atoms with E-state index in [4.69, 9.17) is 5.73 Å². The van der Waals surface area contributed by atoms with Gasteiger partial charge in [-0.15, -0.1) is 0 Å². The summed E-state index contributed by atoms with van der Waals surface area (Å²) in [6.45, 7) is 0.375. The molecule has 0 aliphatic rings. The van der Waals surface area contributed by atoms with Gasteiger partial charge in [0, 0.05) is 13.1 Å². The number of carbonyl (C=O) groups excluding carboxylic acids is 2. The van der Waals surface area contributed by atoms with E-state index in [1.54, 1.807) is 12.1 Å². The third-order valence-corrected chi connectivity index (χ3v) is 6.00. The highest BCUT2D eigenvalue weighted by molar-refractivity contribution is 5.92. The fourth-order valence-corrected chi connectivity index (χ4v) is 4.03. The predicted molar refractivity (Wildman–Crippen MR) is 147 cm³/mol. The molecule has 0 aliphatic heterocycles. The molecule has 39 heavy (non-hydrogen) atoms. The molecule has 11 nitrogen and oxygen atoms in total. The van der Waals surface area contributed by atoms with E-state index in [9.17, 15) is 24.8 Å². The highest BCUT2D eigenvalue weighted by Crippen LogP contribution is 2.25. The Morgan fingerprint density at radius 1 is 0.872 bits per heavy atom. The SMILES string of the molecule is NC(=N[N+](=O)[O-])NCCC[C@@H](NC(=O)C(c1ccccc1)c1ccccc1)C(=O)NCc1ccc(CO)cc1. The molecule has 11 heteroatoms. The second-order valence-electron chi connectivity index (χ2n) is 8.80. The summed E-state index contributed by atoms with van der Waals surface area (Å²) in [6, 6.07) is 24.9. The molecule has 0 bridgehead atoms. The Balaban J connectivity index is 1.74. The number of aliphatic hydroxyl groups excluding tert-OH is 1. The van der Waals surface area contributed by atoms with Crippen LogP contribution in [0.4, 0.5) is 0 Å². The summed E-state index contributed by atoms with van der Waals surface area (Å²) in [5.41, 5.74) is 8.63. The molecule has 0 saturated heterocycles. The molecule has 0 spiro atoms. The Morgan fingerprint density at radius 3 is 1.97 bits per heavy atom. The van der Waals surface area contributed by atoms with Crippen molar-refractivity contribution in [1.29, 1.82) is 0 Å². The van der Waals surface area contributed by atoms with Gasteiger partial charge in [-0.25, -0.2) is 10.1 Å². The Kier molecular flexibility index (Phi) is 11.0. The third-order valence-electron chi connectivity index (χ3n) is 6.00. The standard InChI is InChI=1S/C28H32N6O5/c29-28(33-34(38)39)30-17-7-12-24(26(36)31-18-20-13-15-21(19-35)16-14-20)32-27(37)25(22-8-3-1-4-9-22)23-10-5-2-6-11-23/h1-6,8-11,13-16,24-25,35H,7,12,17-19H2,(H,31,36)(H,32,37)(H3,29,30,33)/t24-/m1/s1. The monoisotopic (exact) mass is 532 g/mol. The molecule has 0 radical (unpaired) electrons. The normalized spacial score (nSPS) is 12.0. The van der Waals surface area contributed by atoms with Gasteiger partial charge in [0.2, 0.25) is 11.8 Å². The highest BCUT2D eigenvalue weighted by Gasteiger charge is 2.27. The van der Waals surface area contributed by atoms with E-state index in [0.29, 0.717) is 6.42 Å². The molecule has 0 heterocycles. The van der Waals surface area contributed by atoms with Crippen LogP contribution in [0.5, 0.6) is 0 Å². The topological polar surface area (TPSA) is 172 Å². The third kappa shape index (κ3) is 9.24. The number of carbonyl (C=O) groups is 2. The van der Waals surface area contributed by atoms with Gasteiger partial charge < -0.3 is 26.8 Å². The minimum atomic E-state index is -0.904. The van der Waals surface area contributed by atoms with Crippen molar-refractivity contribution >= 4 is 17.8 Å². The molecule has 3 aromatic rings. The van der Waals surface area contributed by atoms with Crippen LogP contribution in [0, 0.1) is 10.1 Å². The molecule has 0 fully saturated rings. The van der Waals surface area contributed by atoms with Crippen molar-refractivity contribution in [1.82, 2.24) is 16.0 Å². The van der Waals surface area contributed by atoms with Crippen LogP contribution < -0.4 is 21.7 Å². The molecule has 0 unspecified atom stereocenters. The van der Waals surface area contributed by atoms with Gasteiger partial charge in [-0.2, -0.15) is 0 Å². The zero-order valence-electron chi connectivity index (χ0n) is 21.3. The number of amides is 2. The van der Waals surface area contributed by atoms with Crippen molar-refractivity contribution in [3.8, 4) is 0 Å². The van der Waals surface area contributed by atoms with E-state index >= 15 is 0 Å². The van der Waals surface area contributed by atoms with Crippen LogP contribution in [0.25, 0.3) is 0 Å². The molecular formula is C28H32N6O5. The van der Waals surface area contributed by atoms with E-state index in [2.05, 4.69) is 21.1 Å². The summed E-state index contributed by atoms with van der Waals surface area (Å²) in [6.07, 6.45) is 0.620. The lowest BCUT2D eigenvalue weighted by atomic mass is 9.90. The van der Waals surface area contributed by atoms with Gasteiger partial charge in [0.05, 0.1) is 12.5 Å². The van der Waals surface area contributed by atoms with E-state index in [-0.39, 0.29) is 43.9 Å². The highest BCUT2D eigenvalue weighted by atomic mass is 16.7. The predicted octanol–water partition coefficient (Wildman–Crippen LogP) is 1.99. The number of hydrogen-bond donors (Lipinski definition) is 5. The number of hydrogen-bond acceptors (Lipinski definition) is 5. The lowest BCUT2D eigenvalue weighted by molar-refractivity contribution is -0.485. The van der Waals surface area contributed by atoms with Crippen LogP contribution in [0.1, 0.15) is 41.0 Å². The van der Waals surface area contributed by atoms with Crippen molar-refractivity contribution < 1.29 is 19.7 Å². The minimum Gasteiger partial charge on any atom is -0.392 e. The van der Waals surface area contributed by atoms with Crippen molar-refractivity contribution in [2.24, 2.45) is 10.8 Å². The smallest absolute Gasteiger partial charge is 0.266 e. The molecule has 0 aromatic heterocycles. The van der Waals surface area contributed by atoms with Crippen molar-refractivity contribution in [3.63, 3.8) is 0 Å². The molecule has 2 amide bonds. The molecule has 3 rings (SSSR count). The van der Waals surface area contributed by atoms with Gasteiger partial charge >= 0.3 is 0 Å². The quantitative estimate of drug-likeness (QED) is 0.0736. The molecular weight excluding hydrogens is 500 g/mol. The van der Waals surface area contributed by atoms with Crippen molar-refractivity contribution in [2.45, 2.75) is 38.0 Å². The van der Waals surface area contributed by atoms with Gasteiger partial charge in [0.25, 0.3) is 5.96 Å². The molecule has 204 valence electrons. The summed E-state index contributed by atoms with van der Waals surface area (Å²) in [5.74, 6) is -1.68. The van der Waals surface area contributed by atoms with Gasteiger partial charge in [0.1, 0.15) is 11.1 Å². The molecule has 6 N–H and O–H groups in total. The summed E-state index contributed by atoms with van der Waals surface area (Å²) in [4.78, 5) is 37.3. The Morgan fingerprint density at radius 2 is 1.44 bits per heavy atom. The lowest BCUT2D eigenvalue weighted by Crippen LogP contribution is -2.48. The first kappa shape index (κ1) is 28.8. The lowest BCUT2D eigenvalue weighted by Gasteiger charge is -2.23. The fraction of sp³-hybridized carbons (Fsp3) is 0.250. The van der Waals surface area contributed by atoms with Crippen molar-refractivity contribution in [3.05, 3.63) is 117 Å². The number of hydrazone groups is 1. The minimum absolute atomic E-state index is 0.0737. The Labute approximate surface area is 226 Å². The summed E-state index contributed by atoms with van der Waals surface area (Å²) in [5, 5.41) is 30.2. The van der Waals surface area contributed by atoms with E-state index in [1.807, 2.05) is 72.8 Å². The molecule has 3 aromatic carbocycles. The van der Waals surface area contributed by atoms with Gasteiger partial charge in [0.15, 0.2) is 5.03 Å². The maximum absolute atomic E-state index is 13.6. The Hall–Kier alpha value is -4.77. The maximum atomic E-state index is 13.6. The molecule has 0 aliphatic carbocycles. The van der Waals surface area contributed by atoms with Crippen molar-refractivity contribution in [2.75, 3.05) is 6.54 Å². The number of rotatable bonds is 13. The summed E-state index contributed by atoms with van der Waals surface area (Å²) < 4.78 is 0. The van der Waals surface area contributed by atoms with E-state index in [1.165, 1.54) is 0 Å². The number of nitro groups is 1. The molecule has 0 saturated carbocycles. The second-order valence-corrected chi connectivity index (χ2v) is 8.80. The van der Waals surface area contributed by atoms with E-state index in [0.717, 1.165) is 22.3 Å². The van der Waals surface area contributed by atoms with Crippen LogP contribution in [-0.2, 0) is 22.7 Å². The number of guanidine groups is 1. The first-order valence-electron chi connectivity index (χ1n) is 12.5. The largest absolute Gasteiger partial charge is 0.392 e. The fourth-order valence-electron chi connectivity index (χ4n) is 4.03. The van der Waals surface area contributed by atoms with Gasteiger partial charge in [-0.05, 0) is 35.1 Å². The Bertz CT molecular complexity index is 1210. The van der Waals surface area contributed by atoms with Gasteiger partial charge in [-0.3, -0.25) is 9.59 Å². The van der Waals surface area contributed by atoms with Gasteiger partial charge in [-0.1, -0.05) is 84.9 Å². The zero-order chi connectivity index (χ0) is 28.0. The summed E-state index contributed by atoms with van der Waals surface area (Å²) >= 11 is 0. The first-order chi connectivity index (χ1) is 18.9. The second kappa shape index (κ2) is 14.8. The average Bonchev–Trinajstić information content (AvgIpc) is 2.94. The number of nitrogens with zero attached hydrogens (tertiary/aromatic N) is 2. The van der Waals surface area contributed by atoms with Crippen LogP contribution in [-0.4, -0.2) is 40.5 Å². The number of benzene rings is 3. The zero-order valence-corrected chi connectivity index (χ0v) is 21.3. The first-order valence-corrected chi connectivity index (χ1v) is 12.5. The van der Waals surface area contributed by atoms with Crippen LogP contribution in [0.2, 0.25) is 0 Å². The number of aliphatic hydroxyl groups is 1. The summed E-state index contributed by atoms with van der Waals surface area (Å²) in [7, 11) is 0. The van der Waals surface area contributed by atoms with Crippen LogP contribution in [0.15, 0.2) is 90.0 Å². The van der Waals surface area contributed by atoms with Crippen LogP contribution in [0.3, 0.4) is 0 Å². The average molecular weight is 533 g/mol. The number of nitrogens with two attached hydrogens (primary N) is 1. The van der Waals surface area contributed by atoms with E-state index < -0.39 is 17.0 Å².